The largest absolute Gasteiger partial charge is 0.396 e. The van der Waals surface area contributed by atoms with E-state index in [0.717, 1.165) is 21.4 Å². The Morgan fingerprint density at radius 2 is 2.33 bits per heavy atom. The molecule has 0 aliphatic rings. The van der Waals surface area contributed by atoms with Gasteiger partial charge < -0.3 is 5.11 Å². The molecule has 0 amide bonds. The predicted octanol–water partition coefficient (Wildman–Crippen LogP) is 2.98. The summed E-state index contributed by atoms with van der Waals surface area (Å²) in [5, 5.41) is 8.89. The maximum absolute atomic E-state index is 10.8. The highest BCUT2D eigenvalue weighted by atomic mass is 79.9. The standard InChI is InChI=1S/C11H13BrO2S/c1-8(5-13)7-15-11-3-2-10(12)4-9(11)6-14/h2-4,6,8,13H,5,7H2,1H3. The van der Waals surface area contributed by atoms with Crippen LogP contribution in [0.3, 0.4) is 0 Å². The smallest absolute Gasteiger partial charge is 0.151 e. The van der Waals surface area contributed by atoms with Gasteiger partial charge in [-0.3, -0.25) is 4.79 Å². The van der Waals surface area contributed by atoms with Gasteiger partial charge >= 0.3 is 0 Å². The number of carbonyl (C=O) groups excluding carboxylic acids is 1. The van der Waals surface area contributed by atoms with Crippen LogP contribution in [-0.4, -0.2) is 23.8 Å². The van der Waals surface area contributed by atoms with Crippen molar-refractivity contribution in [2.45, 2.75) is 11.8 Å². The lowest BCUT2D eigenvalue weighted by molar-refractivity contribution is 0.112. The lowest BCUT2D eigenvalue weighted by Gasteiger charge is -2.08. The number of rotatable bonds is 5. The predicted molar refractivity (Wildman–Crippen MR) is 66.5 cm³/mol. The van der Waals surface area contributed by atoms with Crippen LogP contribution in [0.25, 0.3) is 0 Å². The van der Waals surface area contributed by atoms with Gasteiger partial charge in [-0.25, -0.2) is 0 Å². The lowest BCUT2D eigenvalue weighted by atomic mass is 10.2. The zero-order chi connectivity index (χ0) is 11.3. The molecule has 0 fully saturated rings. The van der Waals surface area contributed by atoms with Crippen molar-refractivity contribution < 1.29 is 9.90 Å². The molecule has 1 aromatic carbocycles. The Morgan fingerprint density at radius 3 is 2.93 bits per heavy atom. The molecule has 0 saturated carbocycles. The van der Waals surface area contributed by atoms with E-state index in [-0.39, 0.29) is 12.5 Å². The van der Waals surface area contributed by atoms with Crippen LogP contribution in [0.15, 0.2) is 27.6 Å². The van der Waals surface area contributed by atoms with Crippen molar-refractivity contribution >= 4 is 34.0 Å². The SMILES string of the molecule is CC(CO)CSc1ccc(Br)cc1C=O. The Balaban J connectivity index is 2.72. The molecular weight excluding hydrogens is 276 g/mol. The summed E-state index contributed by atoms with van der Waals surface area (Å²) in [7, 11) is 0. The van der Waals surface area contributed by atoms with E-state index in [2.05, 4.69) is 15.9 Å². The summed E-state index contributed by atoms with van der Waals surface area (Å²) in [5.74, 6) is 1.07. The molecule has 0 aromatic heterocycles. The minimum Gasteiger partial charge on any atom is -0.396 e. The lowest BCUT2D eigenvalue weighted by Crippen LogP contribution is -2.03. The summed E-state index contributed by atoms with van der Waals surface area (Å²) in [4.78, 5) is 11.8. The maximum atomic E-state index is 10.8. The van der Waals surface area contributed by atoms with E-state index in [9.17, 15) is 4.79 Å². The van der Waals surface area contributed by atoms with Gasteiger partial charge in [-0.1, -0.05) is 22.9 Å². The van der Waals surface area contributed by atoms with E-state index < -0.39 is 0 Å². The van der Waals surface area contributed by atoms with E-state index in [4.69, 9.17) is 5.11 Å². The van der Waals surface area contributed by atoms with Crippen LogP contribution in [-0.2, 0) is 0 Å². The fraction of sp³-hybridized carbons (Fsp3) is 0.364. The van der Waals surface area contributed by atoms with Crippen molar-refractivity contribution in [3.63, 3.8) is 0 Å². The van der Waals surface area contributed by atoms with Crippen LogP contribution >= 0.6 is 27.7 Å². The van der Waals surface area contributed by atoms with Crippen LogP contribution in [0.5, 0.6) is 0 Å². The fourth-order valence-corrected chi connectivity index (χ4v) is 2.41. The van der Waals surface area contributed by atoms with E-state index in [1.165, 1.54) is 0 Å². The number of thioether (sulfide) groups is 1. The highest BCUT2D eigenvalue weighted by Crippen LogP contribution is 2.26. The molecule has 2 nitrogen and oxygen atoms in total. The molecule has 82 valence electrons. The van der Waals surface area contributed by atoms with Crippen LogP contribution < -0.4 is 0 Å². The normalized spacial score (nSPS) is 12.5. The molecular formula is C11H13BrO2S. The van der Waals surface area contributed by atoms with Crippen LogP contribution in [0.2, 0.25) is 0 Å². The first kappa shape index (κ1) is 12.7. The van der Waals surface area contributed by atoms with Crippen molar-refractivity contribution in [3.8, 4) is 0 Å². The Hall–Kier alpha value is -0.320. The molecule has 15 heavy (non-hydrogen) atoms. The van der Waals surface area contributed by atoms with Crippen molar-refractivity contribution in [2.24, 2.45) is 5.92 Å². The zero-order valence-corrected chi connectivity index (χ0v) is 10.8. The summed E-state index contributed by atoms with van der Waals surface area (Å²) >= 11 is 4.92. The van der Waals surface area contributed by atoms with Crippen LogP contribution in [0.4, 0.5) is 0 Å². The van der Waals surface area contributed by atoms with Crippen LogP contribution in [0.1, 0.15) is 17.3 Å². The van der Waals surface area contributed by atoms with Crippen LogP contribution in [0, 0.1) is 5.92 Å². The Bertz CT molecular complexity index is 341. The van der Waals surface area contributed by atoms with E-state index in [0.29, 0.717) is 5.56 Å². The van der Waals surface area contributed by atoms with E-state index >= 15 is 0 Å². The molecule has 1 unspecified atom stereocenters. The Kier molecular flexibility index (Phi) is 5.36. The second-order valence-corrected chi connectivity index (χ2v) is 5.38. The third-order valence-corrected chi connectivity index (χ3v) is 3.85. The number of hydrogen-bond acceptors (Lipinski definition) is 3. The Labute approximate surface area is 102 Å². The number of benzene rings is 1. The number of carbonyl (C=O) groups is 1. The number of aldehydes is 1. The Morgan fingerprint density at radius 1 is 1.60 bits per heavy atom. The zero-order valence-electron chi connectivity index (χ0n) is 8.44. The highest BCUT2D eigenvalue weighted by molar-refractivity contribution is 9.10. The monoisotopic (exact) mass is 288 g/mol. The summed E-state index contributed by atoms with van der Waals surface area (Å²) < 4.78 is 0.907. The summed E-state index contributed by atoms with van der Waals surface area (Å²) in [6.07, 6.45) is 0.858. The molecule has 0 aliphatic carbocycles. The van der Waals surface area contributed by atoms with Crippen molar-refractivity contribution in [3.05, 3.63) is 28.2 Å². The van der Waals surface area contributed by atoms with Gasteiger partial charge in [0.1, 0.15) is 0 Å². The highest BCUT2D eigenvalue weighted by Gasteiger charge is 2.06. The first-order valence-corrected chi connectivity index (χ1v) is 6.43. The number of aliphatic hydroxyl groups excluding tert-OH is 1. The van der Waals surface area contributed by atoms with Gasteiger partial charge in [-0.05, 0) is 24.1 Å². The molecule has 1 aromatic rings. The van der Waals surface area contributed by atoms with Gasteiger partial charge in [0.25, 0.3) is 0 Å². The van der Waals surface area contributed by atoms with Gasteiger partial charge in [-0.2, -0.15) is 0 Å². The molecule has 0 spiro atoms. The summed E-state index contributed by atoms with van der Waals surface area (Å²) in [6, 6.07) is 5.64. The third-order valence-electron chi connectivity index (χ3n) is 1.93. The molecule has 1 atom stereocenters. The second-order valence-electron chi connectivity index (χ2n) is 3.40. The maximum Gasteiger partial charge on any atom is 0.151 e. The van der Waals surface area contributed by atoms with Gasteiger partial charge in [0.2, 0.25) is 0 Å². The van der Waals surface area contributed by atoms with E-state index in [1.54, 1.807) is 17.8 Å². The minimum atomic E-state index is 0.181. The van der Waals surface area contributed by atoms with Crippen molar-refractivity contribution in [2.75, 3.05) is 12.4 Å². The molecule has 0 heterocycles. The molecule has 1 N–H and O–H groups in total. The van der Waals surface area contributed by atoms with Gasteiger partial charge in [0, 0.05) is 27.3 Å². The first-order chi connectivity index (χ1) is 7.17. The molecule has 4 heteroatoms. The van der Waals surface area contributed by atoms with Gasteiger partial charge in [0.05, 0.1) is 0 Å². The van der Waals surface area contributed by atoms with E-state index in [1.807, 2.05) is 19.1 Å². The number of halogens is 1. The molecule has 0 bridgehead atoms. The van der Waals surface area contributed by atoms with Crippen molar-refractivity contribution in [1.82, 2.24) is 0 Å². The average molecular weight is 289 g/mol. The average Bonchev–Trinajstić information content (AvgIpc) is 2.26. The number of aliphatic hydroxyl groups is 1. The summed E-state index contributed by atoms with van der Waals surface area (Å²) in [5.41, 5.74) is 0.694. The third kappa shape index (κ3) is 3.97. The molecule has 0 saturated heterocycles. The fourth-order valence-electron chi connectivity index (χ4n) is 1.03. The number of hydrogen-bond donors (Lipinski definition) is 1. The topological polar surface area (TPSA) is 37.3 Å². The molecule has 0 aliphatic heterocycles. The molecule has 1 rings (SSSR count). The quantitative estimate of drug-likeness (QED) is 0.669. The first-order valence-electron chi connectivity index (χ1n) is 4.65. The molecule has 0 radical (unpaired) electrons. The van der Waals surface area contributed by atoms with Gasteiger partial charge in [0.15, 0.2) is 6.29 Å². The minimum absolute atomic E-state index is 0.181. The van der Waals surface area contributed by atoms with Crippen molar-refractivity contribution in [1.29, 1.82) is 0 Å². The second kappa shape index (κ2) is 6.30. The van der Waals surface area contributed by atoms with Gasteiger partial charge in [-0.15, -0.1) is 11.8 Å². The summed E-state index contributed by atoms with van der Waals surface area (Å²) in [6.45, 7) is 2.16.